The predicted octanol–water partition coefficient (Wildman–Crippen LogP) is 6.69. The van der Waals surface area contributed by atoms with E-state index in [1.54, 1.807) is 55.7 Å². The maximum atomic E-state index is 12.3. The van der Waals surface area contributed by atoms with Gasteiger partial charge in [0.2, 0.25) is 5.90 Å². The van der Waals surface area contributed by atoms with E-state index in [4.69, 9.17) is 37.4 Å². The largest absolute Gasteiger partial charge is 0.493 e. The second kappa shape index (κ2) is 9.77. The normalized spacial score (nSPS) is 14.3. The molecule has 0 atom stereocenters. The summed E-state index contributed by atoms with van der Waals surface area (Å²) >= 11 is 15.7. The van der Waals surface area contributed by atoms with Crippen molar-refractivity contribution in [2.75, 3.05) is 7.11 Å². The van der Waals surface area contributed by atoms with Crippen molar-refractivity contribution in [1.82, 2.24) is 0 Å². The van der Waals surface area contributed by atoms with Gasteiger partial charge in [-0.25, -0.2) is 9.79 Å². The number of methoxy groups -OCH3 is 1. The topological polar surface area (TPSA) is 57.1 Å². The molecule has 4 rings (SSSR count). The summed E-state index contributed by atoms with van der Waals surface area (Å²) in [5.41, 5.74) is 2.31. The number of aliphatic imine (C=N–C) groups is 1. The second-order valence-corrected chi connectivity index (χ2v) is 8.47. The zero-order chi connectivity index (χ0) is 22.7. The van der Waals surface area contributed by atoms with Gasteiger partial charge < -0.3 is 14.2 Å². The summed E-state index contributed by atoms with van der Waals surface area (Å²) in [5.74, 6) is 0.634. The van der Waals surface area contributed by atoms with E-state index in [0.29, 0.717) is 43.8 Å². The van der Waals surface area contributed by atoms with Crippen molar-refractivity contribution >= 4 is 57.1 Å². The third-order valence-electron chi connectivity index (χ3n) is 4.55. The van der Waals surface area contributed by atoms with Crippen LogP contribution in [0, 0.1) is 0 Å². The number of halogens is 3. The highest BCUT2D eigenvalue weighted by Crippen LogP contribution is 2.38. The summed E-state index contributed by atoms with van der Waals surface area (Å²) in [7, 11) is 1.54. The number of hydrogen-bond acceptors (Lipinski definition) is 5. The Kier molecular flexibility index (Phi) is 6.84. The molecular weight excluding hydrogens is 517 g/mol. The van der Waals surface area contributed by atoms with E-state index >= 15 is 0 Å². The van der Waals surface area contributed by atoms with Crippen LogP contribution in [0.25, 0.3) is 6.08 Å². The fourth-order valence-corrected chi connectivity index (χ4v) is 4.07. The Hall–Kier alpha value is -2.80. The van der Waals surface area contributed by atoms with Crippen molar-refractivity contribution < 1.29 is 19.0 Å². The smallest absolute Gasteiger partial charge is 0.363 e. The van der Waals surface area contributed by atoms with Gasteiger partial charge in [0.05, 0.1) is 22.2 Å². The Bertz CT molecular complexity index is 1260. The van der Waals surface area contributed by atoms with Crippen LogP contribution >= 0.6 is 39.1 Å². The lowest BCUT2D eigenvalue weighted by molar-refractivity contribution is -0.129. The van der Waals surface area contributed by atoms with Crippen LogP contribution in [0.4, 0.5) is 0 Å². The van der Waals surface area contributed by atoms with Crippen molar-refractivity contribution in [3.63, 3.8) is 0 Å². The van der Waals surface area contributed by atoms with Gasteiger partial charge >= 0.3 is 5.97 Å². The van der Waals surface area contributed by atoms with E-state index in [9.17, 15) is 4.79 Å². The van der Waals surface area contributed by atoms with Gasteiger partial charge in [-0.15, -0.1) is 0 Å². The first-order valence-corrected chi connectivity index (χ1v) is 11.0. The first-order chi connectivity index (χ1) is 15.4. The van der Waals surface area contributed by atoms with Crippen LogP contribution in [0.1, 0.15) is 16.7 Å². The van der Waals surface area contributed by atoms with Crippen LogP contribution in [-0.2, 0) is 16.1 Å². The first-order valence-electron chi connectivity index (χ1n) is 9.47. The molecule has 1 aliphatic heterocycles. The lowest BCUT2D eigenvalue weighted by Crippen LogP contribution is -2.05. The molecule has 32 heavy (non-hydrogen) atoms. The van der Waals surface area contributed by atoms with Crippen molar-refractivity contribution in [2.24, 2.45) is 4.99 Å². The summed E-state index contributed by atoms with van der Waals surface area (Å²) < 4.78 is 17.4. The summed E-state index contributed by atoms with van der Waals surface area (Å²) in [6, 6.07) is 18.0. The van der Waals surface area contributed by atoms with Gasteiger partial charge in [-0.2, -0.15) is 0 Å². The molecule has 0 unspecified atom stereocenters. The van der Waals surface area contributed by atoms with Crippen molar-refractivity contribution in [3.05, 3.63) is 97.6 Å². The van der Waals surface area contributed by atoms with E-state index in [2.05, 4.69) is 20.9 Å². The molecule has 3 aromatic rings. The Morgan fingerprint density at radius 3 is 2.66 bits per heavy atom. The van der Waals surface area contributed by atoms with Crippen molar-refractivity contribution in [1.29, 1.82) is 0 Å². The number of rotatable bonds is 6. The fraction of sp³-hybridized carbons (Fsp3) is 0.0833. The lowest BCUT2D eigenvalue weighted by Gasteiger charge is -2.14. The molecule has 0 aromatic heterocycles. The van der Waals surface area contributed by atoms with Gasteiger partial charge in [-0.05, 0) is 69.5 Å². The van der Waals surface area contributed by atoms with Crippen LogP contribution in [0.5, 0.6) is 11.5 Å². The molecule has 8 heteroatoms. The molecule has 0 amide bonds. The van der Waals surface area contributed by atoms with E-state index in [1.807, 2.05) is 18.2 Å². The number of nitrogens with zero attached hydrogens (tertiary/aromatic N) is 1. The van der Waals surface area contributed by atoms with Crippen molar-refractivity contribution in [2.45, 2.75) is 6.61 Å². The summed E-state index contributed by atoms with van der Waals surface area (Å²) in [6.45, 7) is 0.313. The van der Waals surface area contributed by atoms with Gasteiger partial charge in [0, 0.05) is 5.02 Å². The molecule has 1 aliphatic rings. The minimum atomic E-state index is -0.559. The molecular formula is C24H16BrCl2NO4. The number of hydrogen-bond donors (Lipinski definition) is 0. The van der Waals surface area contributed by atoms with Gasteiger partial charge in [-0.1, -0.05) is 47.5 Å². The third kappa shape index (κ3) is 4.99. The second-order valence-electron chi connectivity index (χ2n) is 6.77. The Balaban J connectivity index is 1.60. The van der Waals surface area contributed by atoms with Gasteiger partial charge in [0.1, 0.15) is 6.61 Å². The van der Waals surface area contributed by atoms with E-state index < -0.39 is 5.97 Å². The first kappa shape index (κ1) is 22.4. The Morgan fingerprint density at radius 1 is 1.09 bits per heavy atom. The maximum Gasteiger partial charge on any atom is 0.363 e. The number of ether oxygens (including phenoxy) is 3. The molecule has 0 spiro atoms. The molecule has 0 aliphatic carbocycles. The molecule has 0 N–H and O–H groups in total. The summed E-state index contributed by atoms with van der Waals surface area (Å²) in [4.78, 5) is 16.6. The highest BCUT2D eigenvalue weighted by Gasteiger charge is 2.25. The van der Waals surface area contributed by atoms with Crippen molar-refractivity contribution in [3.8, 4) is 11.5 Å². The molecule has 0 bridgehead atoms. The number of carbonyl (C=O) groups excluding carboxylic acids is 1. The molecule has 0 saturated heterocycles. The quantitative estimate of drug-likeness (QED) is 0.262. The number of esters is 1. The molecule has 3 aromatic carbocycles. The average molecular weight is 533 g/mol. The van der Waals surface area contributed by atoms with Crippen LogP contribution in [0.2, 0.25) is 10.0 Å². The van der Waals surface area contributed by atoms with E-state index in [1.165, 1.54) is 0 Å². The highest BCUT2D eigenvalue weighted by atomic mass is 79.9. The van der Waals surface area contributed by atoms with Crippen LogP contribution < -0.4 is 9.47 Å². The number of carbonyl (C=O) groups is 1. The highest BCUT2D eigenvalue weighted by molar-refractivity contribution is 9.10. The standard InChI is InChI=1S/C24H16BrCl2NO4/c1-30-21-12-15(10-18(25)22(21)31-13-14-5-4-6-16(26)9-14)11-20-24(29)32-23(28-20)17-7-2-3-8-19(17)27/h2-12H,13H2,1H3/b20-11-. The summed E-state index contributed by atoms with van der Waals surface area (Å²) in [5, 5.41) is 1.09. The van der Waals surface area contributed by atoms with E-state index in [-0.39, 0.29) is 11.6 Å². The molecule has 0 fully saturated rings. The Labute approximate surface area is 203 Å². The fourth-order valence-electron chi connectivity index (χ4n) is 3.06. The molecule has 162 valence electrons. The maximum absolute atomic E-state index is 12.3. The lowest BCUT2D eigenvalue weighted by atomic mass is 10.1. The predicted molar refractivity (Wildman–Crippen MR) is 129 cm³/mol. The molecule has 5 nitrogen and oxygen atoms in total. The van der Waals surface area contributed by atoms with Crippen LogP contribution in [0.3, 0.4) is 0 Å². The number of benzene rings is 3. The zero-order valence-electron chi connectivity index (χ0n) is 16.8. The SMILES string of the molecule is COc1cc(/C=C2\N=C(c3ccccc3Cl)OC2=O)cc(Br)c1OCc1cccc(Cl)c1. The van der Waals surface area contributed by atoms with Gasteiger partial charge in [0.15, 0.2) is 17.2 Å². The third-order valence-corrected chi connectivity index (χ3v) is 5.71. The molecule has 0 radical (unpaired) electrons. The minimum Gasteiger partial charge on any atom is -0.493 e. The van der Waals surface area contributed by atoms with Crippen LogP contribution in [0.15, 0.2) is 75.8 Å². The molecule has 1 heterocycles. The number of cyclic esters (lactones) is 1. The van der Waals surface area contributed by atoms with Gasteiger partial charge in [-0.3, -0.25) is 0 Å². The molecule has 0 saturated carbocycles. The van der Waals surface area contributed by atoms with E-state index in [0.717, 1.165) is 5.56 Å². The Morgan fingerprint density at radius 2 is 1.91 bits per heavy atom. The summed E-state index contributed by atoms with van der Waals surface area (Å²) in [6.07, 6.45) is 1.61. The monoisotopic (exact) mass is 531 g/mol. The zero-order valence-corrected chi connectivity index (χ0v) is 19.9. The van der Waals surface area contributed by atoms with Crippen LogP contribution in [-0.4, -0.2) is 19.0 Å². The van der Waals surface area contributed by atoms with Gasteiger partial charge in [0.25, 0.3) is 0 Å². The average Bonchev–Trinajstić information content (AvgIpc) is 3.13. The minimum absolute atomic E-state index is 0.154.